The van der Waals surface area contributed by atoms with Gasteiger partial charge in [-0.15, -0.1) is 0 Å². The van der Waals surface area contributed by atoms with E-state index in [-0.39, 0.29) is 23.8 Å². The van der Waals surface area contributed by atoms with Crippen LogP contribution in [0.1, 0.15) is 66.4 Å². The van der Waals surface area contributed by atoms with Gasteiger partial charge in [-0.25, -0.2) is 4.98 Å². The predicted octanol–water partition coefficient (Wildman–Crippen LogP) is 4.59. The minimum absolute atomic E-state index is 0.0703. The summed E-state index contributed by atoms with van der Waals surface area (Å²) in [5.41, 5.74) is 3.72. The van der Waals surface area contributed by atoms with Crippen LogP contribution >= 0.6 is 0 Å². The molecule has 38 heavy (non-hydrogen) atoms. The van der Waals surface area contributed by atoms with Crippen LogP contribution in [0.25, 0.3) is 0 Å². The number of amidine groups is 1. The fourth-order valence-corrected chi connectivity index (χ4v) is 5.87. The van der Waals surface area contributed by atoms with Crippen LogP contribution in [-0.2, 0) is 16.0 Å². The predicted molar refractivity (Wildman–Crippen MR) is 147 cm³/mol. The third-order valence-corrected chi connectivity index (χ3v) is 8.05. The number of benzene rings is 1. The molecule has 8 heteroatoms. The normalized spacial score (nSPS) is 22.8. The first-order chi connectivity index (χ1) is 18.5. The molecule has 202 valence electrons. The lowest BCUT2D eigenvalue weighted by Crippen LogP contribution is -2.41. The Hall–Kier alpha value is -3.26. The number of anilines is 1. The molecule has 0 N–H and O–H groups in total. The topological polar surface area (TPSA) is 84.3 Å². The number of piperidine rings is 1. The van der Waals surface area contributed by atoms with E-state index in [1.165, 1.54) is 26.4 Å². The summed E-state index contributed by atoms with van der Waals surface area (Å²) in [6.07, 6.45) is 9.40. The minimum atomic E-state index is -0.244. The second kappa shape index (κ2) is 12.1. The summed E-state index contributed by atoms with van der Waals surface area (Å²) >= 11 is 0. The Morgan fingerprint density at radius 2 is 1.79 bits per heavy atom. The van der Waals surface area contributed by atoms with E-state index in [4.69, 9.17) is 9.47 Å². The van der Waals surface area contributed by atoms with E-state index in [9.17, 15) is 9.59 Å². The van der Waals surface area contributed by atoms with E-state index in [2.05, 4.69) is 19.8 Å². The standard InChI is InChI=1S/C30H38N4O4/c1-21-6-8-22(9-7-21)29(35)32-27-18-24-20-31-28(38-17-16-33-14-4-3-5-15-33)19-26(24)34(27)25-12-10-23(11-13-25)30(36)37-2/h6-9,19-20,23,25H,3-5,10-18H2,1-2H3. The van der Waals surface area contributed by atoms with Gasteiger partial charge in [0.2, 0.25) is 5.88 Å². The molecule has 5 rings (SSSR count). The molecule has 1 saturated carbocycles. The van der Waals surface area contributed by atoms with Crippen molar-refractivity contribution in [3.8, 4) is 5.88 Å². The summed E-state index contributed by atoms with van der Waals surface area (Å²) in [7, 11) is 1.45. The number of aliphatic imine (C=N–C) groups is 1. The third-order valence-electron chi connectivity index (χ3n) is 8.05. The molecule has 3 heterocycles. The number of hydrogen-bond acceptors (Lipinski definition) is 6. The molecule has 2 fully saturated rings. The maximum Gasteiger partial charge on any atom is 0.308 e. The van der Waals surface area contributed by atoms with E-state index in [1.54, 1.807) is 0 Å². The summed E-state index contributed by atoms with van der Waals surface area (Å²) in [6.45, 7) is 5.77. The van der Waals surface area contributed by atoms with Crippen LogP contribution in [0.3, 0.4) is 0 Å². The molecule has 2 aliphatic heterocycles. The lowest BCUT2D eigenvalue weighted by Gasteiger charge is -2.35. The number of esters is 1. The third kappa shape index (κ3) is 6.07. The van der Waals surface area contributed by atoms with E-state index >= 15 is 0 Å². The van der Waals surface area contributed by atoms with Gasteiger partial charge in [0.1, 0.15) is 12.4 Å². The van der Waals surface area contributed by atoms with Crippen molar-refractivity contribution in [2.45, 2.75) is 64.3 Å². The average Bonchev–Trinajstić information content (AvgIpc) is 3.30. The Balaban J connectivity index is 1.35. The summed E-state index contributed by atoms with van der Waals surface area (Å²) in [5, 5.41) is 0. The summed E-state index contributed by atoms with van der Waals surface area (Å²) in [4.78, 5) is 39.1. The highest BCUT2D eigenvalue weighted by atomic mass is 16.5. The molecule has 1 aliphatic carbocycles. The smallest absolute Gasteiger partial charge is 0.308 e. The summed E-state index contributed by atoms with van der Waals surface area (Å²) in [5.74, 6) is 0.882. The van der Waals surface area contributed by atoms with E-state index in [1.807, 2.05) is 43.5 Å². The number of aromatic nitrogens is 1. The summed E-state index contributed by atoms with van der Waals surface area (Å²) in [6, 6.07) is 9.65. The Morgan fingerprint density at radius 1 is 1.05 bits per heavy atom. The number of amides is 1. The Morgan fingerprint density at radius 3 is 2.50 bits per heavy atom. The second-order valence-corrected chi connectivity index (χ2v) is 10.7. The number of ether oxygens (including phenoxy) is 2. The molecule has 2 aromatic rings. The number of nitrogens with zero attached hydrogens (tertiary/aromatic N) is 4. The van der Waals surface area contributed by atoms with Crippen molar-refractivity contribution in [2.75, 3.05) is 38.3 Å². The van der Waals surface area contributed by atoms with E-state index in [0.717, 1.165) is 68.0 Å². The van der Waals surface area contributed by atoms with Crippen molar-refractivity contribution >= 4 is 23.4 Å². The average molecular weight is 519 g/mol. The Bertz CT molecular complexity index is 1170. The number of carbonyl (C=O) groups is 2. The molecule has 0 unspecified atom stereocenters. The quantitative estimate of drug-likeness (QED) is 0.496. The molecular weight excluding hydrogens is 480 g/mol. The van der Waals surface area contributed by atoms with Crippen molar-refractivity contribution in [1.82, 2.24) is 9.88 Å². The molecule has 0 atom stereocenters. The zero-order valence-electron chi connectivity index (χ0n) is 22.5. The van der Waals surface area contributed by atoms with E-state index in [0.29, 0.717) is 24.5 Å². The lowest BCUT2D eigenvalue weighted by atomic mass is 9.85. The molecule has 8 nitrogen and oxygen atoms in total. The molecule has 1 aromatic carbocycles. The van der Waals surface area contributed by atoms with Crippen molar-refractivity contribution in [2.24, 2.45) is 10.9 Å². The zero-order valence-corrected chi connectivity index (χ0v) is 22.5. The van der Waals surface area contributed by atoms with Gasteiger partial charge >= 0.3 is 5.97 Å². The Kier molecular flexibility index (Phi) is 8.37. The molecule has 1 saturated heterocycles. The van der Waals surface area contributed by atoms with Gasteiger partial charge < -0.3 is 14.4 Å². The number of likely N-dealkylation sites (tertiary alicyclic amines) is 1. The molecule has 0 spiro atoms. The molecule has 1 amide bonds. The van der Waals surface area contributed by atoms with Crippen LogP contribution in [0.4, 0.5) is 5.69 Å². The number of fused-ring (bicyclic) bond motifs is 1. The number of hydrogen-bond donors (Lipinski definition) is 0. The maximum absolute atomic E-state index is 13.1. The van der Waals surface area contributed by atoms with Crippen molar-refractivity contribution in [1.29, 1.82) is 0 Å². The SMILES string of the molecule is COC(=O)C1CCC(N2C(=NC(=O)c3ccc(C)cc3)Cc3cnc(OCCN4CCCCC4)cc32)CC1. The molecule has 3 aliphatic rings. The van der Waals surface area contributed by atoms with Crippen molar-refractivity contribution in [3.05, 3.63) is 53.2 Å². The highest BCUT2D eigenvalue weighted by Gasteiger charge is 2.37. The maximum atomic E-state index is 13.1. The zero-order chi connectivity index (χ0) is 26.5. The van der Waals surface area contributed by atoms with Crippen LogP contribution < -0.4 is 9.64 Å². The number of rotatable bonds is 7. The van der Waals surface area contributed by atoms with Crippen LogP contribution in [0.15, 0.2) is 41.5 Å². The summed E-state index contributed by atoms with van der Waals surface area (Å²) < 4.78 is 11.1. The van der Waals surface area contributed by atoms with Crippen molar-refractivity contribution < 1.29 is 19.1 Å². The molecular formula is C30H38N4O4. The van der Waals surface area contributed by atoms with E-state index < -0.39 is 0 Å². The van der Waals surface area contributed by atoms with Crippen molar-refractivity contribution in [3.63, 3.8) is 0 Å². The molecule has 1 aromatic heterocycles. The molecule has 0 bridgehead atoms. The van der Waals surface area contributed by atoms with Crippen LogP contribution in [0, 0.1) is 12.8 Å². The van der Waals surface area contributed by atoms with Gasteiger partial charge in [0.05, 0.1) is 18.7 Å². The number of carbonyl (C=O) groups excluding carboxylic acids is 2. The monoisotopic (exact) mass is 518 g/mol. The van der Waals surface area contributed by atoms with Crippen LogP contribution in [0.5, 0.6) is 5.88 Å². The highest BCUT2D eigenvalue weighted by molar-refractivity contribution is 6.12. The Labute approximate surface area is 225 Å². The van der Waals surface area contributed by atoms with Crippen LogP contribution in [0.2, 0.25) is 0 Å². The number of methoxy groups -OCH3 is 1. The van der Waals surface area contributed by atoms with Gasteiger partial charge in [0, 0.05) is 42.4 Å². The number of pyridine rings is 1. The van der Waals surface area contributed by atoms with Crippen LogP contribution in [-0.4, -0.2) is 67.0 Å². The van der Waals surface area contributed by atoms with Gasteiger partial charge in [-0.3, -0.25) is 14.5 Å². The molecule has 0 radical (unpaired) electrons. The minimum Gasteiger partial charge on any atom is -0.476 e. The van der Waals surface area contributed by atoms with Gasteiger partial charge in [-0.2, -0.15) is 4.99 Å². The fraction of sp³-hybridized carbons (Fsp3) is 0.533. The highest BCUT2D eigenvalue weighted by Crippen LogP contribution is 2.38. The van der Waals surface area contributed by atoms with Gasteiger partial charge in [0.15, 0.2) is 0 Å². The fourth-order valence-electron chi connectivity index (χ4n) is 5.87. The second-order valence-electron chi connectivity index (χ2n) is 10.7. The van der Waals surface area contributed by atoms with Gasteiger partial charge in [-0.05, 0) is 70.7 Å². The number of aryl methyl sites for hydroxylation is 1. The lowest BCUT2D eigenvalue weighted by molar-refractivity contribution is -0.146. The van der Waals surface area contributed by atoms with Gasteiger partial charge in [0.25, 0.3) is 5.91 Å². The first kappa shape index (κ1) is 26.4. The van der Waals surface area contributed by atoms with Gasteiger partial charge in [-0.1, -0.05) is 24.1 Å². The largest absolute Gasteiger partial charge is 0.476 e. The first-order valence-electron chi connectivity index (χ1n) is 13.9. The first-order valence-corrected chi connectivity index (χ1v) is 13.9.